The summed E-state index contributed by atoms with van der Waals surface area (Å²) in [6.07, 6.45) is 1.26. The quantitative estimate of drug-likeness (QED) is 0.691. The van der Waals surface area contributed by atoms with Crippen molar-refractivity contribution in [2.75, 3.05) is 12.4 Å². The molecule has 0 saturated carbocycles. The molecule has 1 aromatic rings. The standard InChI is InChI=1S/C9H13ClN2O/c10-5-9(13)7-11-6-8-3-1-2-4-12-8/h1-4,9,11,13H,5-7H2. The highest BCUT2D eigenvalue weighted by molar-refractivity contribution is 6.18. The molecule has 3 nitrogen and oxygen atoms in total. The first-order valence-electron chi connectivity index (χ1n) is 4.17. The molecule has 2 N–H and O–H groups in total. The molecule has 1 atom stereocenters. The van der Waals surface area contributed by atoms with Gasteiger partial charge in [-0.15, -0.1) is 11.6 Å². The van der Waals surface area contributed by atoms with Gasteiger partial charge in [0.2, 0.25) is 0 Å². The number of aliphatic hydroxyl groups is 1. The monoisotopic (exact) mass is 200 g/mol. The van der Waals surface area contributed by atoms with Crippen LogP contribution in [0.5, 0.6) is 0 Å². The molecule has 0 amide bonds. The van der Waals surface area contributed by atoms with Gasteiger partial charge in [-0.1, -0.05) is 6.07 Å². The van der Waals surface area contributed by atoms with Crippen molar-refractivity contribution >= 4 is 11.6 Å². The Labute approximate surface area is 82.8 Å². The highest BCUT2D eigenvalue weighted by Crippen LogP contribution is 1.92. The van der Waals surface area contributed by atoms with Crippen LogP contribution >= 0.6 is 11.6 Å². The molecule has 4 heteroatoms. The zero-order valence-electron chi connectivity index (χ0n) is 7.28. The molecule has 0 fully saturated rings. The summed E-state index contributed by atoms with van der Waals surface area (Å²) in [7, 11) is 0. The maximum absolute atomic E-state index is 9.12. The zero-order chi connectivity index (χ0) is 9.52. The fourth-order valence-corrected chi connectivity index (χ4v) is 1.03. The summed E-state index contributed by atoms with van der Waals surface area (Å²) >= 11 is 5.43. The third kappa shape index (κ3) is 4.22. The van der Waals surface area contributed by atoms with Gasteiger partial charge < -0.3 is 10.4 Å². The van der Waals surface area contributed by atoms with Crippen molar-refractivity contribution in [3.05, 3.63) is 30.1 Å². The number of alkyl halides is 1. The molecule has 0 aromatic carbocycles. The SMILES string of the molecule is OC(CCl)CNCc1ccccn1. The number of pyridine rings is 1. The number of aromatic nitrogens is 1. The van der Waals surface area contributed by atoms with Gasteiger partial charge in [0, 0.05) is 25.2 Å². The van der Waals surface area contributed by atoms with Gasteiger partial charge in [0.1, 0.15) is 0 Å². The third-order valence-electron chi connectivity index (χ3n) is 1.59. The van der Waals surface area contributed by atoms with E-state index in [9.17, 15) is 0 Å². The van der Waals surface area contributed by atoms with Gasteiger partial charge in [0.15, 0.2) is 0 Å². The minimum atomic E-state index is -0.481. The van der Waals surface area contributed by atoms with Crippen LogP contribution in [0, 0.1) is 0 Å². The molecule has 0 spiro atoms. The molecule has 72 valence electrons. The molecule has 0 aliphatic heterocycles. The number of hydrogen-bond acceptors (Lipinski definition) is 3. The Hall–Kier alpha value is -0.640. The second-order valence-corrected chi connectivity index (χ2v) is 3.07. The van der Waals surface area contributed by atoms with Crippen LogP contribution in [-0.2, 0) is 6.54 Å². The predicted molar refractivity (Wildman–Crippen MR) is 52.7 cm³/mol. The summed E-state index contributed by atoms with van der Waals surface area (Å²) in [6.45, 7) is 1.16. The van der Waals surface area contributed by atoms with Crippen molar-refractivity contribution in [3.8, 4) is 0 Å². The Bertz CT molecular complexity index is 230. The number of aliphatic hydroxyl groups excluding tert-OH is 1. The highest BCUT2D eigenvalue weighted by atomic mass is 35.5. The maximum atomic E-state index is 9.12. The number of rotatable bonds is 5. The minimum absolute atomic E-state index is 0.259. The summed E-state index contributed by atoms with van der Waals surface area (Å²) in [5, 5.41) is 12.2. The predicted octanol–water partition coefficient (Wildman–Crippen LogP) is 0.771. The number of halogens is 1. The van der Waals surface area contributed by atoms with Gasteiger partial charge in [-0.05, 0) is 12.1 Å². The first-order valence-corrected chi connectivity index (χ1v) is 4.71. The van der Waals surface area contributed by atoms with Gasteiger partial charge in [-0.3, -0.25) is 4.98 Å². The molecule has 0 aliphatic rings. The highest BCUT2D eigenvalue weighted by Gasteiger charge is 2.00. The average Bonchev–Trinajstić information content (AvgIpc) is 2.19. The Morgan fingerprint density at radius 1 is 1.54 bits per heavy atom. The topological polar surface area (TPSA) is 45.1 Å². The van der Waals surface area contributed by atoms with E-state index in [0.717, 1.165) is 5.69 Å². The van der Waals surface area contributed by atoms with Gasteiger partial charge in [0.25, 0.3) is 0 Å². The second-order valence-electron chi connectivity index (χ2n) is 2.76. The van der Waals surface area contributed by atoms with E-state index in [0.29, 0.717) is 13.1 Å². The van der Waals surface area contributed by atoms with Crippen LogP contribution < -0.4 is 5.32 Å². The Morgan fingerprint density at radius 3 is 3.00 bits per heavy atom. The van der Waals surface area contributed by atoms with Crippen LogP contribution in [0.25, 0.3) is 0 Å². The molecule has 0 aliphatic carbocycles. The molecule has 1 aromatic heterocycles. The number of nitrogens with zero attached hydrogens (tertiary/aromatic N) is 1. The number of nitrogens with one attached hydrogen (secondary N) is 1. The van der Waals surface area contributed by atoms with E-state index in [1.807, 2.05) is 18.2 Å². The van der Waals surface area contributed by atoms with E-state index in [-0.39, 0.29) is 5.88 Å². The van der Waals surface area contributed by atoms with Crippen LogP contribution in [0.2, 0.25) is 0 Å². The lowest BCUT2D eigenvalue weighted by Crippen LogP contribution is -2.27. The Kier molecular flexibility index (Phi) is 4.75. The molecule has 1 unspecified atom stereocenters. The average molecular weight is 201 g/mol. The Balaban J connectivity index is 2.20. The van der Waals surface area contributed by atoms with Crippen LogP contribution in [0.4, 0.5) is 0 Å². The van der Waals surface area contributed by atoms with Crippen molar-refractivity contribution in [1.29, 1.82) is 0 Å². The summed E-state index contributed by atoms with van der Waals surface area (Å²) in [5.74, 6) is 0.259. The lowest BCUT2D eigenvalue weighted by molar-refractivity contribution is 0.194. The largest absolute Gasteiger partial charge is 0.391 e. The van der Waals surface area contributed by atoms with Crippen molar-refractivity contribution in [1.82, 2.24) is 10.3 Å². The molecule has 0 radical (unpaired) electrons. The van der Waals surface area contributed by atoms with Crippen LogP contribution in [-0.4, -0.2) is 28.6 Å². The lowest BCUT2D eigenvalue weighted by atomic mass is 10.3. The van der Waals surface area contributed by atoms with Crippen molar-refractivity contribution in [3.63, 3.8) is 0 Å². The van der Waals surface area contributed by atoms with Gasteiger partial charge in [-0.2, -0.15) is 0 Å². The summed E-state index contributed by atoms with van der Waals surface area (Å²) in [4.78, 5) is 4.12. The Morgan fingerprint density at radius 2 is 2.38 bits per heavy atom. The van der Waals surface area contributed by atoms with E-state index in [4.69, 9.17) is 16.7 Å². The van der Waals surface area contributed by atoms with E-state index in [2.05, 4.69) is 10.3 Å². The lowest BCUT2D eigenvalue weighted by Gasteiger charge is -2.07. The minimum Gasteiger partial charge on any atom is -0.391 e. The third-order valence-corrected chi connectivity index (χ3v) is 1.95. The van der Waals surface area contributed by atoms with Crippen LogP contribution in [0.1, 0.15) is 5.69 Å². The van der Waals surface area contributed by atoms with Gasteiger partial charge >= 0.3 is 0 Å². The van der Waals surface area contributed by atoms with E-state index in [1.54, 1.807) is 6.20 Å². The van der Waals surface area contributed by atoms with E-state index < -0.39 is 6.10 Å². The van der Waals surface area contributed by atoms with Crippen LogP contribution in [0.3, 0.4) is 0 Å². The fourth-order valence-electron chi connectivity index (χ4n) is 0.924. The molecular weight excluding hydrogens is 188 g/mol. The second kappa shape index (κ2) is 5.91. The normalized spacial score (nSPS) is 12.8. The zero-order valence-corrected chi connectivity index (χ0v) is 8.04. The summed E-state index contributed by atoms with van der Waals surface area (Å²) in [5.41, 5.74) is 0.962. The van der Waals surface area contributed by atoms with Gasteiger partial charge in [-0.25, -0.2) is 0 Å². The van der Waals surface area contributed by atoms with Crippen molar-refractivity contribution in [2.24, 2.45) is 0 Å². The first kappa shape index (κ1) is 10.4. The molecular formula is C9H13ClN2O. The van der Waals surface area contributed by atoms with Gasteiger partial charge in [0.05, 0.1) is 11.8 Å². The molecule has 0 saturated heterocycles. The summed E-state index contributed by atoms with van der Waals surface area (Å²) < 4.78 is 0. The molecule has 1 rings (SSSR count). The molecule has 0 bridgehead atoms. The van der Waals surface area contributed by atoms with Crippen LogP contribution in [0.15, 0.2) is 24.4 Å². The summed E-state index contributed by atoms with van der Waals surface area (Å²) in [6, 6.07) is 5.74. The maximum Gasteiger partial charge on any atom is 0.0799 e. The fraction of sp³-hybridized carbons (Fsp3) is 0.444. The van der Waals surface area contributed by atoms with Crippen molar-refractivity contribution < 1.29 is 5.11 Å². The smallest absolute Gasteiger partial charge is 0.0799 e. The molecule has 13 heavy (non-hydrogen) atoms. The molecule has 1 heterocycles. The van der Waals surface area contributed by atoms with Crippen molar-refractivity contribution in [2.45, 2.75) is 12.6 Å². The number of hydrogen-bond donors (Lipinski definition) is 2. The van der Waals surface area contributed by atoms with E-state index in [1.165, 1.54) is 0 Å². The first-order chi connectivity index (χ1) is 6.33. The van der Waals surface area contributed by atoms with E-state index >= 15 is 0 Å².